The van der Waals surface area contributed by atoms with Crippen molar-refractivity contribution in [2.75, 3.05) is 7.05 Å². The highest BCUT2D eigenvalue weighted by Gasteiger charge is 2.25. The van der Waals surface area contributed by atoms with Gasteiger partial charge in [0.25, 0.3) is 0 Å². The summed E-state index contributed by atoms with van der Waals surface area (Å²) in [4.78, 5) is 25.2. The fraction of sp³-hybridized carbons (Fsp3) is 0.318. The first-order chi connectivity index (χ1) is 12.7. The van der Waals surface area contributed by atoms with Gasteiger partial charge in [-0.1, -0.05) is 60.7 Å². The van der Waals surface area contributed by atoms with Crippen LogP contribution in [0.25, 0.3) is 0 Å². The number of amides is 1. The number of hydrogen-bond acceptors (Lipinski definition) is 4. The second-order valence-electron chi connectivity index (χ2n) is 7.31. The Bertz CT molecular complexity index is 808. The molecule has 5 nitrogen and oxygen atoms in total. The molecule has 1 atom stereocenters. The maximum atomic E-state index is 12.9. The molecule has 0 radical (unpaired) electrons. The summed E-state index contributed by atoms with van der Waals surface area (Å²) >= 11 is 0. The van der Waals surface area contributed by atoms with Gasteiger partial charge in [-0.05, 0) is 33.3 Å². The number of Topliss-reactive ketones (excluding diaryl/α,β-unsaturated/α-hetero) is 1. The molecule has 2 aromatic rings. The summed E-state index contributed by atoms with van der Waals surface area (Å²) in [5.74, 6) is -0.588. The van der Waals surface area contributed by atoms with Gasteiger partial charge in [0.05, 0.1) is 11.6 Å². The Morgan fingerprint density at radius 3 is 1.89 bits per heavy atom. The molecule has 0 aliphatic rings. The molecule has 142 valence electrons. The van der Waals surface area contributed by atoms with E-state index in [9.17, 15) is 9.59 Å². The summed E-state index contributed by atoms with van der Waals surface area (Å²) in [5.41, 5.74) is 1.27. The van der Waals surface area contributed by atoms with Crippen LogP contribution in [0.5, 0.6) is 0 Å². The molecule has 0 fully saturated rings. The number of carbonyl (C=O) groups excluding carboxylic acids is 2. The monoisotopic (exact) mass is 366 g/mol. The van der Waals surface area contributed by atoms with Crippen LogP contribution in [0.15, 0.2) is 65.8 Å². The van der Waals surface area contributed by atoms with Crippen LogP contribution < -0.4 is 0 Å². The minimum absolute atomic E-state index is 0.0595. The molecule has 0 N–H and O–H groups in total. The SMILES string of the molecule is CC(C(=O)c1ccccc1)/C(=N/N(C)C(=O)OC(C)(C)C)c1ccccc1. The number of rotatable bonds is 5. The molecule has 27 heavy (non-hydrogen) atoms. The fourth-order valence-electron chi connectivity index (χ4n) is 2.51. The summed E-state index contributed by atoms with van der Waals surface area (Å²) < 4.78 is 5.36. The van der Waals surface area contributed by atoms with E-state index in [-0.39, 0.29) is 5.78 Å². The van der Waals surface area contributed by atoms with Gasteiger partial charge in [-0.2, -0.15) is 5.10 Å². The van der Waals surface area contributed by atoms with Crippen LogP contribution in [0.1, 0.15) is 43.6 Å². The minimum atomic E-state index is -0.626. The molecule has 5 heteroatoms. The van der Waals surface area contributed by atoms with Crippen molar-refractivity contribution in [3.05, 3.63) is 71.8 Å². The highest BCUT2D eigenvalue weighted by Crippen LogP contribution is 2.17. The molecular weight excluding hydrogens is 340 g/mol. The van der Waals surface area contributed by atoms with E-state index in [0.717, 1.165) is 10.6 Å². The summed E-state index contributed by atoms with van der Waals surface area (Å²) in [6.45, 7) is 7.18. The molecule has 0 heterocycles. The van der Waals surface area contributed by atoms with Crippen molar-refractivity contribution in [2.24, 2.45) is 11.0 Å². The number of ketones is 1. The normalized spacial score (nSPS) is 13.0. The summed E-state index contributed by atoms with van der Waals surface area (Å²) in [5, 5.41) is 5.57. The lowest BCUT2D eigenvalue weighted by molar-refractivity contribution is 0.0302. The van der Waals surface area contributed by atoms with Gasteiger partial charge in [-0.3, -0.25) is 4.79 Å². The molecule has 0 aromatic heterocycles. The van der Waals surface area contributed by atoms with Crippen molar-refractivity contribution in [3.63, 3.8) is 0 Å². The third-order valence-corrected chi connectivity index (χ3v) is 3.85. The first kappa shape index (κ1) is 20.4. The van der Waals surface area contributed by atoms with E-state index in [1.165, 1.54) is 7.05 Å². The van der Waals surface area contributed by atoms with Crippen molar-refractivity contribution in [3.8, 4) is 0 Å². The van der Waals surface area contributed by atoms with Crippen LogP contribution >= 0.6 is 0 Å². The molecule has 0 saturated carbocycles. The number of nitrogens with zero attached hydrogens (tertiary/aromatic N) is 2. The third-order valence-electron chi connectivity index (χ3n) is 3.85. The number of hydrogen-bond donors (Lipinski definition) is 0. The summed E-state index contributed by atoms with van der Waals surface area (Å²) in [6.07, 6.45) is -0.574. The van der Waals surface area contributed by atoms with E-state index in [1.54, 1.807) is 39.8 Å². The molecule has 1 amide bonds. The Labute approximate surface area is 160 Å². The molecule has 2 rings (SSSR count). The van der Waals surface area contributed by atoms with E-state index in [1.807, 2.05) is 48.5 Å². The van der Waals surface area contributed by atoms with Crippen LogP contribution in [0.4, 0.5) is 4.79 Å². The van der Waals surface area contributed by atoms with Crippen LogP contribution in [0.3, 0.4) is 0 Å². The Kier molecular flexibility index (Phi) is 6.50. The lowest BCUT2D eigenvalue weighted by Gasteiger charge is -2.23. The van der Waals surface area contributed by atoms with Crippen LogP contribution in [0, 0.1) is 5.92 Å². The zero-order valence-electron chi connectivity index (χ0n) is 16.5. The molecular formula is C22H26N2O3. The second-order valence-corrected chi connectivity index (χ2v) is 7.31. The molecule has 2 aromatic carbocycles. The van der Waals surface area contributed by atoms with Gasteiger partial charge in [0.15, 0.2) is 5.78 Å². The van der Waals surface area contributed by atoms with Gasteiger partial charge in [0.1, 0.15) is 5.60 Å². The van der Waals surface area contributed by atoms with Gasteiger partial charge < -0.3 is 4.74 Å². The minimum Gasteiger partial charge on any atom is -0.442 e. The Morgan fingerprint density at radius 1 is 0.926 bits per heavy atom. The molecule has 0 aliphatic carbocycles. The van der Waals surface area contributed by atoms with Crippen LogP contribution in [-0.2, 0) is 4.74 Å². The summed E-state index contributed by atoms with van der Waals surface area (Å²) in [6, 6.07) is 18.5. The highest BCUT2D eigenvalue weighted by molar-refractivity contribution is 6.18. The third kappa shape index (κ3) is 5.78. The van der Waals surface area contributed by atoms with Gasteiger partial charge in [-0.15, -0.1) is 0 Å². The first-order valence-electron chi connectivity index (χ1n) is 8.89. The Morgan fingerprint density at radius 2 is 1.41 bits per heavy atom. The van der Waals surface area contributed by atoms with E-state index >= 15 is 0 Å². The van der Waals surface area contributed by atoms with Crippen molar-refractivity contribution < 1.29 is 14.3 Å². The smallest absolute Gasteiger partial charge is 0.430 e. The lowest BCUT2D eigenvalue weighted by Crippen LogP contribution is -2.33. The van der Waals surface area contributed by atoms with Crippen molar-refractivity contribution in [2.45, 2.75) is 33.3 Å². The zero-order valence-corrected chi connectivity index (χ0v) is 16.5. The van der Waals surface area contributed by atoms with Crippen molar-refractivity contribution in [1.29, 1.82) is 0 Å². The molecule has 0 bridgehead atoms. The van der Waals surface area contributed by atoms with E-state index in [0.29, 0.717) is 11.3 Å². The zero-order chi connectivity index (χ0) is 20.0. The number of benzene rings is 2. The van der Waals surface area contributed by atoms with E-state index in [2.05, 4.69) is 5.10 Å². The topological polar surface area (TPSA) is 59.0 Å². The Balaban J connectivity index is 2.37. The predicted octanol–water partition coefficient (Wildman–Crippen LogP) is 4.78. The predicted molar refractivity (Wildman–Crippen MR) is 107 cm³/mol. The summed E-state index contributed by atoms with van der Waals surface area (Å²) in [7, 11) is 1.52. The van der Waals surface area contributed by atoms with Gasteiger partial charge >= 0.3 is 6.09 Å². The quantitative estimate of drug-likeness (QED) is 0.435. The maximum Gasteiger partial charge on any atom is 0.430 e. The number of ether oxygens (including phenoxy) is 1. The van der Waals surface area contributed by atoms with E-state index in [4.69, 9.17) is 4.74 Å². The fourth-order valence-corrected chi connectivity index (χ4v) is 2.51. The molecule has 0 aliphatic heterocycles. The van der Waals surface area contributed by atoms with Crippen LogP contribution in [0.2, 0.25) is 0 Å². The van der Waals surface area contributed by atoms with Gasteiger partial charge in [0, 0.05) is 12.6 Å². The molecule has 0 saturated heterocycles. The number of hydrazone groups is 1. The average Bonchev–Trinajstić information content (AvgIpc) is 2.64. The van der Waals surface area contributed by atoms with Gasteiger partial charge in [0.2, 0.25) is 0 Å². The molecule has 0 spiro atoms. The van der Waals surface area contributed by atoms with Gasteiger partial charge in [-0.25, -0.2) is 9.80 Å². The second kappa shape index (κ2) is 8.62. The number of carbonyl (C=O) groups is 2. The highest BCUT2D eigenvalue weighted by atomic mass is 16.6. The largest absolute Gasteiger partial charge is 0.442 e. The van der Waals surface area contributed by atoms with E-state index < -0.39 is 17.6 Å². The lowest BCUT2D eigenvalue weighted by atomic mass is 9.91. The maximum absolute atomic E-state index is 12.9. The standard InChI is InChI=1S/C22H26N2O3/c1-16(20(25)18-14-10-7-11-15-18)19(17-12-8-6-9-13-17)23-24(5)21(26)27-22(2,3)4/h6-16H,1-5H3/b23-19-. The average molecular weight is 366 g/mol. The van der Waals surface area contributed by atoms with Crippen LogP contribution in [-0.4, -0.2) is 35.2 Å². The Hall–Kier alpha value is -2.95. The van der Waals surface area contributed by atoms with Crippen molar-refractivity contribution >= 4 is 17.6 Å². The first-order valence-corrected chi connectivity index (χ1v) is 8.89. The van der Waals surface area contributed by atoms with Crippen molar-refractivity contribution in [1.82, 2.24) is 5.01 Å². The molecule has 1 unspecified atom stereocenters.